The summed E-state index contributed by atoms with van der Waals surface area (Å²) in [4.78, 5) is 51.5. The number of aryl methyl sites for hydroxylation is 1. The van der Waals surface area contributed by atoms with Crippen molar-refractivity contribution in [3.63, 3.8) is 0 Å². The Hall–Kier alpha value is -4.26. The number of benzene rings is 3. The Kier molecular flexibility index (Phi) is 6.54. The second kappa shape index (κ2) is 9.70. The molecule has 4 rings (SSSR count). The third-order valence-electron chi connectivity index (χ3n) is 5.79. The van der Waals surface area contributed by atoms with Gasteiger partial charge in [0.15, 0.2) is 0 Å². The third kappa shape index (κ3) is 4.73. The van der Waals surface area contributed by atoms with Gasteiger partial charge in [-0.1, -0.05) is 43.3 Å². The van der Waals surface area contributed by atoms with Gasteiger partial charge in [0.05, 0.1) is 11.1 Å². The first-order valence-corrected chi connectivity index (χ1v) is 11.1. The highest BCUT2D eigenvalue weighted by molar-refractivity contribution is 6.22. The standard InChI is InChI=1S/C27H25N3O4/c1-3-24(31)28-20-11-9-17(2)23(16-20)29-25(32)19-10-12-21-22(15-19)27(34)30(26(21)33)14-13-18-7-5-4-6-8-18/h4-12,15-16H,3,13-14H2,1-2H3,(H,28,31)(H,29,32). The normalized spacial score (nSPS) is 12.5. The number of hydrogen-bond acceptors (Lipinski definition) is 4. The van der Waals surface area contributed by atoms with Crippen LogP contribution in [0.15, 0.2) is 66.7 Å². The monoisotopic (exact) mass is 455 g/mol. The van der Waals surface area contributed by atoms with Gasteiger partial charge in [-0.3, -0.25) is 24.1 Å². The van der Waals surface area contributed by atoms with Gasteiger partial charge < -0.3 is 10.6 Å². The Morgan fingerprint density at radius 1 is 0.853 bits per heavy atom. The van der Waals surface area contributed by atoms with Crippen molar-refractivity contribution in [1.29, 1.82) is 0 Å². The summed E-state index contributed by atoms with van der Waals surface area (Å²) in [5.74, 6) is -1.28. The molecule has 0 bridgehead atoms. The summed E-state index contributed by atoms with van der Waals surface area (Å²) in [7, 11) is 0. The van der Waals surface area contributed by atoms with Gasteiger partial charge in [0.1, 0.15) is 0 Å². The number of fused-ring (bicyclic) bond motifs is 1. The minimum Gasteiger partial charge on any atom is -0.326 e. The molecular formula is C27H25N3O4. The molecule has 7 heteroatoms. The zero-order chi connectivity index (χ0) is 24.2. The Labute approximate surface area is 197 Å². The quantitative estimate of drug-likeness (QED) is 0.515. The minimum absolute atomic E-state index is 0.125. The lowest BCUT2D eigenvalue weighted by Gasteiger charge is -2.13. The van der Waals surface area contributed by atoms with E-state index in [4.69, 9.17) is 0 Å². The maximum absolute atomic E-state index is 12.9. The van der Waals surface area contributed by atoms with Gasteiger partial charge in [-0.25, -0.2) is 0 Å². The van der Waals surface area contributed by atoms with Gasteiger partial charge in [-0.2, -0.15) is 0 Å². The number of nitrogens with one attached hydrogen (secondary N) is 2. The van der Waals surface area contributed by atoms with Crippen LogP contribution in [0.3, 0.4) is 0 Å². The van der Waals surface area contributed by atoms with E-state index in [2.05, 4.69) is 10.6 Å². The number of amides is 4. The first-order chi connectivity index (χ1) is 16.4. The molecule has 0 aromatic heterocycles. The lowest BCUT2D eigenvalue weighted by molar-refractivity contribution is -0.115. The molecule has 0 radical (unpaired) electrons. The number of nitrogens with zero attached hydrogens (tertiary/aromatic N) is 1. The van der Waals surface area contributed by atoms with Gasteiger partial charge in [0.25, 0.3) is 17.7 Å². The first kappa shape index (κ1) is 22.9. The van der Waals surface area contributed by atoms with Crippen molar-refractivity contribution in [2.24, 2.45) is 0 Å². The molecule has 0 saturated carbocycles. The number of anilines is 2. The van der Waals surface area contributed by atoms with E-state index in [9.17, 15) is 19.2 Å². The van der Waals surface area contributed by atoms with E-state index in [1.807, 2.05) is 37.3 Å². The van der Waals surface area contributed by atoms with Crippen molar-refractivity contribution < 1.29 is 19.2 Å². The summed E-state index contributed by atoms with van der Waals surface area (Å²) in [6, 6.07) is 19.4. The van der Waals surface area contributed by atoms with Gasteiger partial charge >= 0.3 is 0 Å². The molecule has 7 nitrogen and oxygen atoms in total. The van der Waals surface area contributed by atoms with Crippen molar-refractivity contribution in [1.82, 2.24) is 4.90 Å². The molecule has 0 aliphatic carbocycles. The van der Waals surface area contributed by atoms with Crippen molar-refractivity contribution in [3.8, 4) is 0 Å². The second-order valence-electron chi connectivity index (χ2n) is 8.14. The number of carbonyl (C=O) groups is 4. The number of carbonyl (C=O) groups excluding carboxylic acids is 4. The predicted molar refractivity (Wildman–Crippen MR) is 130 cm³/mol. The van der Waals surface area contributed by atoms with E-state index in [0.29, 0.717) is 29.8 Å². The van der Waals surface area contributed by atoms with Gasteiger partial charge in [-0.15, -0.1) is 0 Å². The highest BCUT2D eigenvalue weighted by Gasteiger charge is 2.35. The summed E-state index contributed by atoms with van der Waals surface area (Å²) in [6.45, 7) is 3.87. The Morgan fingerprint density at radius 2 is 1.59 bits per heavy atom. The van der Waals surface area contributed by atoms with Crippen molar-refractivity contribution in [2.45, 2.75) is 26.7 Å². The second-order valence-corrected chi connectivity index (χ2v) is 8.14. The average molecular weight is 456 g/mol. The van der Waals surface area contributed by atoms with E-state index in [1.54, 1.807) is 25.1 Å². The van der Waals surface area contributed by atoms with E-state index in [-0.39, 0.29) is 29.5 Å². The lowest BCUT2D eigenvalue weighted by atomic mass is 10.0. The molecular weight excluding hydrogens is 430 g/mol. The molecule has 172 valence electrons. The van der Waals surface area contributed by atoms with Crippen molar-refractivity contribution in [3.05, 3.63) is 94.5 Å². The largest absolute Gasteiger partial charge is 0.326 e. The molecule has 3 aromatic carbocycles. The topological polar surface area (TPSA) is 95.6 Å². The zero-order valence-electron chi connectivity index (χ0n) is 19.1. The predicted octanol–water partition coefficient (Wildman–Crippen LogP) is 4.43. The van der Waals surface area contributed by atoms with Crippen LogP contribution in [-0.4, -0.2) is 35.1 Å². The summed E-state index contributed by atoms with van der Waals surface area (Å²) in [6.07, 6.45) is 0.906. The van der Waals surface area contributed by atoms with Gasteiger partial charge in [0, 0.05) is 29.9 Å². The maximum Gasteiger partial charge on any atom is 0.261 e. The van der Waals surface area contributed by atoms with Gasteiger partial charge in [-0.05, 0) is 54.8 Å². The average Bonchev–Trinajstić information content (AvgIpc) is 3.09. The van der Waals surface area contributed by atoms with Crippen LogP contribution in [0.25, 0.3) is 0 Å². The minimum atomic E-state index is -0.409. The van der Waals surface area contributed by atoms with E-state index in [0.717, 1.165) is 11.1 Å². The van der Waals surface area contributed by atoms with Crippen LogP contribution in [0, 0.1) is 6.92 Å². The summed E-state index contributed by atoms with van der Waals surface area (Å²) < 4.78 is 0. The molecule has 0 saturated heterocycles. The lowest BCUT2D eigenvalue weighted by Crippen LogP contribution is -2.31. The maximum atomic E-state index is 12.9. The van der Waals surface area contributed by atoms with Crippen molar-refractivity contribution >= 4 is 35.0 Å². The number of rotatable bonds is 7. The summed E-state index contributed by atoms with van der Waals surface area (Å²) in [5.41, 5.74) is 3.78. The molecule has 0 spiro atoms. The third-order valence-corrected chi connectivity index (χ3v) is 5.79. The highest BCUT2D eigenvalue weighted by atomic mass is 16.2. The van der Waals surface area contributed by atoms with Crippen LogP contribution < -0.4 is 10.6 Å². The van der Waals surface area contributed by atoms with E-state index in [1.165, 1.54) is 23.1 Å². The SMILES string of the molecule is CCC(=O)Nc1ccc(C)c(NC(=O)c2ccc3c(c2)C(=O)N(CCc2ccccc2)C3=O)c1. The molecule has 4 amide bonds. The first-order valence-electron chi connectivity index (χ1n) is 11.1. The van der Waals surface area contributed by atoms with Crippen molar-refractivity contribution in [2.75, 3.05) is 17.2 Å². The van der Waals surface area contributed by atoms with Crippen LogP contribution >= 0.6 is 0 Å². The summed E-state index contributed by atoms with van der Waals surface area (Å²) in [5, 5.41) is 5.60. The fourth-order valence-electron chi connectivity index (χ4n) is 3.80. The molecule has 2 N–H and O–H groups in total. The smallest absolute Gasteiger partial charge is 0.261 e. The molecule has 0 fully saturated rings. The Bertz CT molecular complexity index is 1280. The highest BCUT2D eigenvalue weighted by Crippen LogP contribution is 2.26. The molecule has 1 aliphatic heterocycles. The van der Waals surface area contributed by atoms with Crippen LogP contribution in [0.1, 0.15) is 55.5 Å². The molecule has 1 aliphatic rings. The molecule has 34 heavy (non-hydrogen) atoms. The summed E-state index contributed by atoms with van der Waals surface area (Å²) >= 11 is 0. The van der Waals surface area contributed by atoms with Crippen LogP contribution in [0.4, 0.5) is 11.4 Å². The van der Waals surface area contributed by atoms with Gasteiger partial charge in [0.2, 0.25) is 5.91 Å². The van der Waals surface area contributed by atoms with Crippen LogP contribution in [-0.2, 0) is 11.2 Å². The fourth-order valence-corrected chi connectivity index (χ4v) is 3.80. The van der Waals surface area contributed by atoms with E-state index < -0.39 is 11.8 Å². The Balaban J connectivity index is 1.50. The number of hydrogen-bond donors (Lipinski definition) is 2. The van der Waals surface area contributed by atoms with E-state index >= 15 is 0 Å². The molecule has 1 heterocycles. The Morgan fingerprint density at radius 3 is 2.32 bits per heavy atom. The molecule has 0 unspecified atom stereocenters. The zero-order valence-corrected chi connectivity index (χ0v) is 19.1. The molecule has 0 atom stereocenters. The fraction of sp³-hybridized carbons (Fsp3) is 0.185. The molecule has 3 aromatic rings. The van der Waals surface area contributed by atoms with Crippen LogP contribution in [0.5, 0.6) is 0 Å². The number of imide groups is 1. The van der Waals surface area contributed by atoms with Crippen LogP contribution in [0.2, 0.25) is 0 Å².